The fraction of sp³-hybridized carbons (Fsp3) is 0.727. The Hall–Kier alpha value is -1.04. The molecule has 0 radical (unpaired) electrons. The van der Waals surface area contributed by atoms with Gasteiger partial charge in [0, 0.05) is 13.1 Å². The zero-order valence-electron chi connectivity index (χ0n) is 10.4. The Morgan fingerprint density at radius 2 is 1.76 bits per heavy atom. The molecule has 94 valence electrons. The van der Waals surface area contributed by atoms with Gasteiger partial charge in [-0.15, -0.1) is 0 Å². The molecule has 1 aromatic heterocycles. The number of hydrogen-bond acceptors (Lipinski definition) is 6. The predicted octanol–water partition coefficient (Wildman–Crippen LogP) is 2.38. The summed E-state index contributed by atoms with van der Waals surface area (Å²) >= 11 is 1.53. The topological polar surface area (TPSA) is 62.7 Å². The third-order valence-electron chi connectivity index (χ3n) is 2.96. The lowest BCUT2D eigenvalue weighted by Gasteiger charge is -2.22. The van der Waals surface area contributed by atoms with Crippen LogP contribution in [0, 0.1) is 0 Å². The smallest absolute Gasteiger partial charge is 0.228 e. The molecule has 0 aliphatic heterocycles. The second-order valence-corrected chi connectivity index (χ2v) is 4.97. The molecule has 17 heavy (non-hydrogen) atoms. The lowest BCUT2D eigenvalue weighted by atomic mass is 9.96. The Kier molecular flexibility index (Phi) is 4.42. The van der Waals surface area contributed by atoms with E-state index < -0.39 is 0 Å². The van der Waals surface area contributed by atoms with E-state index in [1.165, 1.54) is 43.9 Å². The maximum Gasteiger partial charge on any atom is 0.228 e. The molecule has 2 N–H and O–H groups in total. The van der Waals surface area contributed by atoms with Gasteiger partial charge in [-0.1, -0.05) is 31.0 Å². The normalized spacial score (nSPS) is 16.8. The van der Waals surface area contributed by atoms with Gasteiger partial charge in [-0.05, 0) is 19.1 Å². The van der Waals surface area contributed by atoms with Gasteiger partial charge in [-0.2, -0.15) is 15.0 Å². The molecule has 2 rings (SSSR count). The molecule has 1 aliphatic carbocycles. The van der Waals surface area contributed by atoms with Crippen LogP contribution in [-0.4, -0.2) is 34.3 Å². The van der Waals surface area contributed by atoms with Crippen molar-refractivity contribution in [3.63, 3.8) is 0 Å². The van der Waals surface area contributed by atoms with Crippen molar-refractivity contribution in [1.29, 1.82) is 0 Å². The SMILES string of the molecule is CNc1nc(NC2CCCCC2)nc(SC)n1. The zero-order chi connectivity index (χ0) is 12.1. The number of nitrogens with zero attached hydrogens (tertiary/aromatic N) is 3. The molecule has 0 aromatic carbocycles. The molecule has 6 heteroatoms. The number of rotatable bonds is 4. The highest BCUT2D eigenvalue weighted by Gasteiger charge is 2.15. The summed E-state index contributed by atoms with van der Waals surface area (Å²) in [5.41, 5.74) is 0. The van der Waals surface area contributed by atoms with Gasteiger partial charge >= 0.3 is 0 Å². The summed E-state index contributed by atoms with van der Waals surface area (Å²) in [5, 5.41) is 7.13. The highest BCUT2D eigenvalue weighted by molar-refractivity contribution is 7.98. The first-order valence-corrected chi connectivity index (χ1v) is 7.28. The molecule has 1 saturated carbocycles. The third-order valence-corrected chi connectivity index (χ3v) is 3.51. The van der Waals surface area contributed by atoms with Gasteiger partial charge < -0.3 is 10.6 Å². The molecule has 0 unspecified atom stereocenters. The Morgan fingerprint density at radius 1 is 1.06 bits per heavy atom. The Balaban J connectivity index is 2.07. The van der Waals surface area contributed by atoms with Crippen molar-refractivity contribution >= 4 is 23.7 Å². The van der Waals surface area contributed by atoms with Crippen molar-refractivity contribution in [2.24, 2.45) is 0 Å². The fourth-order valence-electron chi connectivity index (χ4n) is 2.05. The van der Waals surface area contributed by atoms with Crippen LogP contribution in [0.3, 0.4) is 0 Å². The van der Waals surface area contributed by atoms with Crippen molar-refractivity contribution in [3.05, 3.63) is 0 Å². The minimum absolute atomic E-state index is 0.519. The van der Waals surface area contributed by atoms with E-state index in [2.05, 4.69) is 25.6 Å². The minimum Gasteiger partial charge on any atom is -0.357 e. The molecule has 0 bridgehead atoms. The summed E-state index contributed by atoms with van der Waals surface area (Å²) in [4.78, 5) is 13.0. The molecule has 1 aliphatic rings. The molecule has 0 spiro atoms. The van der Waals surface area contributed by atoms with Gasteiger partial charge in [0.15, 0.2) is 5.16 Å². The first-order valence-electron chi connectivity index (χ1n) is 6.06. The number of aromatic nitrogens is 3. The van der Waals surface area contributed by atoms with Crippen LogP contribution >= 0.6 is 11.8 Å². The molecule has 0 atom stereocenters. The monoisotopic (exact) mass is 253 g/mol. The van der Waals surface area contributed by atoms with Crippen molar-refractivity contribution < 1.29 is 0 Å². The predicted molar refractivity (Wildman–Crippen MR) is 71.7 cm³/mol. The van der Waals surface area contributed by atoms with Gasteiger partial charge in [-0.25, -0.2) is 0 Å². The number of thioether (sulfide) groups is 1. The Morgan fingerprint density at radius 3 is 2.41 bits per heavy atom. The summed E-state index contributed by atoms with van der Waals surface area (Å²) in [6.45, 7) is 0. The fourth-order valence-corrected chi connectivity index (χ4v) is 2.41. The largest absolute Gasteiger partial charge is 0.357 e. The van der Waals surface area contributed by atoms with Crippen LogP contribution in [0.1, 0.15) is 32.1 Å². The van der Waals surface area contributed by atoms with Gasteiger partial charge in [0.1, 0.15) is 0 Å². The third kappa shape index (κ3) is 3.46. The molecular formula is C11H19N5S. The van der Waals surface area contributed by atoms with Crippen LogP contribution in [-0.2, 0) is 0 Å². The molecule has 1 fully saturated rings. The quantitative estimate of drug-likeness (QED) is 0.803. The van der Waals surface area contributed by atoms with Crippen molar-refractivity contribution in [3.8, 4) is 0 Å². The van der Waals surface area contributed by atoms with Crippen molar-refractivity contribution in [1.82, 2.24) is 15.0 Å². The summed E-state index contributed by atoms with van der Waals surface area (Å²) in [5.74, 6) is 1.32. The van der Waals surface area contributed by atoms with Gasteiger partial charge in [0.25, 0.3) is 0 Å². The molecule has 5 nitrogen and oxygen atoms in total. The van der Waals surface area contributed by atoms with E-state index in [9.17, 15) is 0 Å². The van der Waals surface area contributed by atoms with Gasteiger partial charge in [-0.3, -0.25) is 0 Å². The van der Waals surface area contributed by atoms with Crippen LogP contribution in [0.15, 0.2) is 5.16 Å². The summed E-state index contributed by atoms with van der Waals surface area (Å²) in [6.07, 6.45) is 8.37. The molecule has 1 aromatic rings. The first-order chi connectivity index (χ1) is 8.31. The minimum atomic E-state index is 0.519. The summed E-state index contributed by atoms with van der Waals surface area (Å²) < 4.78 is 0. The maximum atomic E-state index is 4.38. The van der Waals surface area contributed by atoms with Crippen LogP contribution in [0.2, 0.25) is 0 Å². The first kappa shape index (κ1) is 12.4. The van der Waals surface area contributed by atoms with E-state index in [0.717, 1.165) is 5.16 Å². The van der Waals surface area contributed by atoms with E-state index in [-0.39, 0.29) is 0 Å². The van der Waals surface area contributed by atoms with E-state index in [1.807, 2.05) is 13.3 Å². The van der Waals surface area contributed by atoms with Crippen LogP contribution in [0.5, 0.6) is 0 Å². The second kappa shape index (κ2) is 6.05. The number of hydrogen-bond donors (Lipinski definition) is 2. The van der Waals surface area contributed by atoms with Crippen LogP contribution < -0.4 is 10.6 Å². The van der Waals surface area contributed by atoms with E-state index in [4.69, 9.17) is 0 Å². The van der Waals surface area contributed by atoms with E-state index >= 15 is 0 Å². The highest BCUT2D eigenvalue weighted by atomic mass is 32.2. The second-order valence-electron chi connectivity index (χ2n) is 4.20. The standard InChI is InChI=1S/C11H19N5S/c1-12-9-14-10(16-11(15-9)17-2)13-8-6-4-3-5-7-8/h8H,3-7H2,1-2H3,(H2,12,13,14,15,16). The number of anilines is 2. The van der Waals surface area contributed by atoms with Crippen molar-refractivity contribution in [2.45, 2.75) is 43.3 Å². The molecular weight excluding hydrogens is 234 g/mol. The summed E-state index contributed by atoms with van der Waals surface area (Å²) in [6, 6.07) is 0.519. The molecule has 1 heterocycles. The van der Waals surface area contributed by atoms with E-state index in [1.54, 1.807) is 0 Å². The number of nitrogens with one attached hydrogen (secondary N) is 2. The summed E-state index contributed by atoms with van der Waals surface area (Å²) in [7, 11) is 1.82. The van der Waals surface area contributed by atoms with Gasteiger partial charge in [0.2, 0.25) is 11.9 Å². The van der Waals surface area contributed by atoms with E-state index in [0.29, 0.717) is 17.9 Å². The average molecular weight is 253 g/mol. The average Bonchev–Trinajstić information content (AvgIpc) is 2.39. The Bertz CT molecular complexity index is 343. The van der Waals surface area contributed by atoms with Crippen LogP contribution in [0.4, 0.5) is 11.9 Å². The lowest BCUT2D eigenvalue weighted by Crippen LogP contribution is -2.24. The zero-order valence-corrected chi connectivity index (χ0v) is 11.2. The van der Waals surface area contributed by atoms with Crippen LogP contribution in [0.25, 0.3) is 0 Å². The lowest BCUT2D eigenvalue weighted by molar-refractivity contribution is 0.460. The highest BCUT2D eigenvalue weighted by Crippen LogP contribution is 2.21. The molecule has 0 amide bonds. The molecule has 0 saturated heterocycles. The maximum absolute atomic E-state index is 4.38. The Labute approximate surface area is 106 Å². The van der Waals surface area contributed by atoms with Gasteiger partial charge in [0.05, 0.1) is 0 Å². The van der Waals surface area contributed by atoms with Crippen molar-refractivity contribution in [2.75, 3.05) is 23.9 Å².